The van der Waals surface area contributed by atoms with Crippen LogP contribution in [0, 0.1) is 6.07 Å². The first-order valence-electron chi connectivity index (χ1n) is 9.97. The van der Waals surface area contributed by atoms with Gasteiger partial charge in [-0.2, -0.15) is 0 Å². The molecule has 0 saturated heterocycles. The molecule has 4 heteroatoms. The largest absolute Gasteiger partial charge is 0.494 e. The van der Waals surface area contributed by atoms with Crippen molar-refractivity contribution in [1.29, 1.82) is 0 Å². The second-order valence-corrected chi connectivity index (χ2v) is 7.58. The van der Waals surface area contributed by atoms with Crippen LogP contribution in [0.5, 0.6) is 5.75 Å². The maximum atomic E-state index is 12.1. The number of ether oxygens (including phenoxy) is 1. The molecule has 4 rings (SSSR count). The quantitative estimate of drug-likeness (QED) is 0.492. The van der Waals surface area contributed by atoms with E-state index in [0.29, 0.717) is 24.6 Å². The van der Waals surface area contributed by atoms with Crippen LogP contribution in [0.15, 0.2) is 54.6 Å². The lowest BCUT2D eigenvalue weighted by Gasteiger charge is -2.11. The molecule has 4 aromatic rings. The van der Waals surface area contributed by atoms with Crippen molar-refractivity contribution in [3.8, 4) is 5.75 Å². The molecule has 0 saturated carbocycles. The third-order valence-corrected chi connectivity index (χ3v) is 5.32. The van der Waals surface area contributed by atoms with Gasteiger partial charge in [0.05, 0.1) is 17.6 Å². The van der Waals surface area contributed by atoms with Crippen molar-refractivity contribution < 1.29 is 9.53 Å². The zero-order valence-electron chi connectivity index (χ0n) is 17.0. The lowest BCUT2D eigenvalue weighted by atomic mass is 10.00. The highest BCUT2D eigenvalue weighted by Gasteiger charge is 2.17. The van der Waals surface area contributed by atoms with Crippen LogP contribution in [0.1, 0.15) is 48.2 Å². The average Bonchev–Trinajstić information content (AvgIpc) is 3.02. The van der Waals surface area contributed by atoms with Crippen LogP contribution in [0.4, 0.5) is 0 Å². The van der Waals surface area contributed by atoms with Crippen molar-refractivity contribution in [2.24, 2.45) is 5.73 Å². The lowest BCUT2D eigenvalue weighted by molar-refractivity contribution is 0.100. The molecule has 0 spiro atoms. The Morgan fingerprint density at radius 1 is 1.14 bits per heavy atom. The number of aromatic nitrogens is 1. The van der Waals surface area contributed by atoms with Crippen LogP contribution in [-0.2, 0) is 6.54 Å². The number of rotatable bonds is 6. The second kappa shape index (κ2) is 7.63. The maximum Gasteiger partial charge on any atom is 0.249 e. The van der Waals surface area contributed by atoms with E-state index in [1.165, 1.54) is 5.56 Å². The van der Waals surface area contributed by atoms with Gasteiger partial charge in [0.1, 0.15) is 5.75 Å². The van der Waals surface area contributed by atoms with Gasteiger partial charge >= 0.3 is 0 Å². The fraction of sp³-hybridized carbons (Fsp3) is 0.240. The molecule has 0 aliphatic carbocycles. The van der Waals surface area contributed by atoms with E-state index in [0.717, 1.165) is 33.1 Å². The van der Waals surface area contributed by atoms with Crippen LogP contribution in [0.3, 0.4) is 0 Å². The van der Waals surface area contributed by atoms with Crippen molar-refractivity contribution in [1.82, 2.24) is 4.57 Å². The van der Waals surface area contributed by atoms with Crippen LogP contribution < -0.4 is 10.5 Å². The summed E-state index contributed by atoms with van der Waals surface area (Å²) >= 11 is 0. The van der Waals surface area contributed by atoms with Gasteiger partial charge in [-0.15, -0.1) is 0 Å². The van der Waals surface area contributed by atoms with Crippen LogP contribution in [-0.4, -0.2) is 17.1 Å². The van der Waals surface area contributed by atoms with E-state index in [9.17, 15) is 4.79 Å². The van der Waals surface area contributed by atoms with Crippen molar-refractivity contribution >= 4 is 27.7 Å². The Balaban J connectivity index is 1.93. The molecule has 0 aliphatic rings. The lowest BCUT2D eigenvalue weighted by Crippen LogP contribution is -2.11. The number of hydrogen-bond donors (Lipinski definition) is 1. The smallest absolute Gasteiger partial charge is 0.249 e. The van der Waals surface area contributed by atoms with E-state index >= 15 is 0 Å². The zero-order valence-corrected chi connectivity index (χ0v) is 17.0. The summed E-state index contributed by atoms with van der Waals surface area (Å²) in [6, 6.07) is 21.5. The summed E-state index contributed by atoms with van der Waals surface area (Å²) in [5, 5.41) is 1.81. The molecular weight excluding hydrogens is 360 g/mol. The predicted octanol–water partition coefficient (Wildman–Crippen LogP) is 5.26. The summed E-state index contributed by atoms with van der Waals surface area (Å²) in [5.74, 6) is 0.838. The third kappa shape index (κ3) is 3.46. The number of benzene rings is 3. The summed E-state index contributed by atoms with van der Waals surface area (Å²) in [6.07, 6.45) is 0. The Hall–Kier alpha value is -3.27. The molecule has 29 heavy (non-hydrogen) atoms. The number of nitrogens with zero attached hydrogens (tertiary/aromatic N) is 1. The Labute approximate surface area is 170 Å². The van der Waals surface area contributed by atoms with Gasteiger partial charge in [-0.1, -0.05) is 38.1 Å². The van der Waals surface area contributed by atoms with Gasteiger partial charge in [-0.05, 0) is 60.4 Å². The number of carbonyl (C=O) groups is 1. The third-order valence-electron chi connectivity index (χ3n) is 5.32. The van der Waals surface area contributed by atoms with Crippen LogP contribution in [0.2, 0.25) is 0 Å². The number of primary amides is 1. The van der Waals surface area contributed by atoms with Gasteiger partial charge in [0.2, 0.25) is 5.91 Å². The molecule has 0 aliphatic heterocycles. The van der Waals surface area contributed by atoms with E-state index in [2.05, 4.69) is 42.7 Å². The predicted molar refractivity (Wildman–Crippen MR) is 118 cm³/mol. The Bertz CT molecular complexity index is 1190. The number of amides is 1. The van der Waals surface area contributed by atoms with E-state index in [1.54, 1.807) is 6.07 Å². The molecule has 1 radical (unpaired) electrons. The van der Waals surface area contributed by atoms with Gasteiger partial charge in [0.25, 0.3) is 0 Å². The molecule has 1 amide bonds. The molecule has 1 heterocycles. The van der Waals surface area contributed by atoms with Crippen molar-refractivity contribution in [2.45, 2.75) is 33.2 Å². The molecule has 2 N–H and O–H groups in total. The molecule has 0 bridgehead atoms. The fourth-order valence-electron chi connectivity index (χ4n) is 3.82. The molecule has 0 atom stereocenters. The minimum atomic E-state index is -0.419. The van der Waals surface area contributed by atoms with E-state index in [-0.39, 0.29) is 0 Å². The minimum absolute atomic E-state index is 0.392. The zero-order chi connectivity index (χ0) is 20.5. The molecular formula is C25H25N2O2. The highest BCUT2D eigenvalue weighted by Crippen LogP contribution is 2.34. The maximum absolute atomic E-state index is 12.1. The van der Waals surface area contributed by atoms with Crippen molar-refractivity contribution in [2.75, 3.05) is 6.61 Å². The number of carbonyl (C=O) groups excluding carboxylic acids is 1. The molecule has 0 unspecified atom stereocenters. The van der Waals surface area contributed by atoms with Gasteiger partial charge in [0.15, 0.2) is 0 Å². The van der Waals surface area contributed by atoms with E-state index in [4.69, 9.17) is 10.5 Å². The number of hydrogen-bond acceptors (Lipinski definition) is 2. The highest BCUT2D eigenvalue weighted by molar-refractivity contribution is 6.17. The first kappa shape index (κ1) is 19.1. The van der Waals surface area contributed by atoms with E-state index < -0.39 is 5.91 Å². The molecule has 0 fully saturated rings. The van der Waals surface area contributed by atoms with Gasteiger partial charge in [-0.3, -0.25) is 4.79 Å². The summed E-state index contributed by atoms with van der Waals surface area (Å²) in [5.41, 5.74) is 10.6. The summed E-state index contributed by atoms with van der Waals surface area (Å²) in [7, 11) is 0. The topological polar surface area (TPSA) is 57.2 Å². The first-order valence-corrected chi connectivity index (χ1v) is 9.97. The Morgan fingerprint density at radius 2 is 1.90 bits per heavy atom. The monoisotopic (exact) mass is 385 g/mol. The SMILES string of the molecule is CCOc1ccc(Cn2c3cc(C(C)C)c[c]c3c3c(C(N)=O)cccc32)cc1. The Morgan fingerprint density at radius 3 is 2.55 bits per heavy atom. The van der Waals surface area contributed by atoms with Crippen LogP contribution >= 0.6 is 0 Å². The molecule has 4 nitrogen and oxygen atoms in total. The van der Waals surface area contributed by atoms with Gasteiger partial charge in [0, 0.05) is 22.9 Å². The highest BCUT2D eigenvalue weighted by atomic mass is 16.5. The minimum Gasteiger partial charge on any atom is -0.494 e. The molecule has 3 aromatic carbocycles. The fourth-order valence-corrected chi connectivity index (χ4v) is 3.82. The van der Waals surface area contributed by atoms with E-state index in [1.807, 2.05) is 37.3 Å². The average molecular weight is 385 g/mol. The van der Waals surface area contributed by atoms with Crippen molar-refractivity contribution in [3.05, 3.63) is 77.4 Å². The second-order valence-electron chi connectivity index (χ2n) is 7.58. The molecule has 1 aromatic heterocycles. The van der Waals surface area contributed by atoms with Gasteiger partial charge in [-0.25, -0.2) is 0 Å². The normalized spacial score (nSPS) is 11.4. The van der Waals surface area contributed by atoms with Crippen molar-refractivity contribution in [3.63, 3.8) is 0 Å². The molecule has 147 valence electrons. The van der Waals surface area contributed by atoms with Gasteiger partial charge < -0.3 is 15.0 Å². The summed E-state index contributed by atoms with van der Waals surface area (Å²) < 4.78 is 7.80. The number of nitrogens with two attached hydrogens (primary N) is 1. The Kier molecular flexibility index (Phi) is 5.01. The van der Waals surface area contributed by atoms with Crippen LogP contribution in [0.25, 0.3) is 21.8 Å². The number of fused-ring (bicyclic) bond motifs is 3. The summed E-state index contributed by atoms with van der Waals surface area (Å²) in [4.78, 5) is 12.1. The first-order chi connectivity index (χ1) is 14.0. The summed E-state index contributed by atoms with van der Waals surface area (Å²) in [6.45, 7) is 7.65. The standard InChI is InChI=1S/C25H25N2O2/c1-4-29-19-11-8-17(9-12-19)15-27-22-7-5-6-21(25(26)28)24(22)20-13-10-18(16(2)3)14-23(20)27/h5-12,14,16H,4,15H2,1-3H3,(H2,26,28).